The molecule has 0 radical (unpaired) electrons. The molecule has 100 valence electrons. The molecular formula is C14H11BrF2O2. The SMILES string of the molecule is COc1ccc(Br)cc1COc1cc(F)cc(F)c1. The molecule has 0 atom stereocenters. The molecule has 0 saturated carbocycles. The second-order valence-electron chi connectivity index (χ2n) is 3.85. The average Bonchev–Trinajstić information content (AvgIpc) is 2.35. The van der Waals surface area contributed by atoms with E-state index in [-0.39, 0.29) is 12.4 Å². The molecule has 0 aromatic heterocycles. The minimum atomic E-state index is -0.670. The molecule has 0 bridgehead atoms. The molecule has 2 aromatic rings. The smallest absolute Gasteiger partial charge is 0.129 e. The molecule has 19 heavy (non-hydrogen) atoms. The summed E-state index contributed by atoms with van der Waals surface area (Å²) in [5.41, 5.74) is 0.779. The van der Waals surface area contributed by atoms with Crippen molar-refractivity contribution in [3.63, 3.8) is 0 Å². The van der Waals surface area contributed by atoms with Gasteiger partial charge in [-0.05, 0) is 18.2 Å². The van der Waals surface area contributed by atoms with Gasteiger partial charge in [0.25, 0.3) is 0 Å². The van der Waals surface area contributed by atoms with Crippen LogP contribution in [0.15, 0.2) is 40.9 Å². The standard InChI is InChI=1S/C14H11BrF2O2/c1-18-14-3-2-10(15)4-9(14)8-19-13-6-11(16)5-12(17)7-13/h2-7H,8H2,1H3. The molecule has 2 rings (SSSR count). The highest BCUT2D eigenvalue weighted by Crippen LogP contribution is 2.25. The molecule has 5 heteroatoms. The maximum Gasteiger partial charge on any atom is 0.129 e. The summed E-state index contributed by atoms with van der Waals surface area (Å²) in [6.07, 6.45) is 0. The van der Waals surface area contributed by atoms with Gasteiger partial charge in [-0.2, -0.15) is 0 Å². The maximum atomic E-state index is 13.0. The molecule has 0 fully saturated rings. The third kappa shape index (κ3) is 3.67. The van der Waals surface area contributed by atoms with Crippen molar-refractivity contribution in [1.29, 1.82) is 0 Å². The Morgan fingerprint density at radius 1 is 1.05 bits per heavy atom. The van der Waals surface area contributed by atoms with E-state index in [1.54, 1.807) is 13.2 Å². The van der Waals surface area contributed by atoms with Crippen molar-refractivity contribution in [3.05, 3.63) is 58.1 Å². The van der Waals surface area contributed by atoms with E-state index in [2.05, 4.69) is 15.9 Å². The van der Waals surface area contributed by atoms with Gasteiger partial charge < -0.3 is 9.47 Å². The van der Waals surface area contributed by atoms with E-state index < -0.39 is 11.6 Å². The Morgan fingerprint density at radius 3 is 2.37 bits per heavy atom. The molecule has 0 aliphatic rings. The minimum absolute atomic E-state index is 0.138. The molecule has 0 saturated heterocycles. The Hall–Kier alpha value is -1.62. The average molecular weight is 329 g/mol. The first-order valence-electron chi connectivity index (χ1n) is 5.50. The first-order valence-corrected chi connectivity index (χ1v) is 6.29. The zero-order valence-electron chi connectivity index (χ0n) is 10.1. The van der Waals surface area contributed by atoms with Gasteiger partial charge in [-0.3, -0.25) is 0 Å². The normalized spacial score (nSPS) is 10.3. The predicted molar refractivity (Wildman–Crippen MR) is 71.4 cm³/mol. The van der Waals surface area contributed by atoms with Crippen LogP contribution in [0.4, 0.5) is 8.78 Å². The van der Waals surface area contributed by atoms with Crippen LogP contribution in [-0.2, 0) is 6.61 Å². The summed E-state index contributed by atoms with van der Waals surface area (Å²) in [5.74, 6) is -0.549. The number of hydrogen-bond acceptors (Lipinski definition) is 2. The van der Waals surface area contributed by atoms with Crippen LogP contribution in [0.5, 0.6) is 11.5 Å². The molecule has 0 aliphatic carbocycles. The highest BCUT2D eigenvalue weighted by molar-refractivity contribution is 9.10. The number of benzene rings is 2. The molecule has 0 N–H and O–H groups in total. The van der Waals surface area contributed by atoms with Gasteiger partial charge in [0.05, 0.1) is 7.11 Å². The highest BCUT2D eigenvalue weighted by atomic mass is 79.9. The summed E-state index contributed by atoms with van der Waals surface area (Å²) in [7, 11) is 1.55. The van der Waals surface area contributed by atoms with Gasteiger partial charge in [0.1, 0.15) is 29.7 Å². The molecule has 0 heterocycles. The van der Waals surface area contributed by atoms with Gasteiger partial charge in [0.2, 0.25) is 0 Å². The summed E-state index contributed by atoms with van der Waals surface area (Å²) in [6.45, 7) is 0.158. The maximum absolute atomic E-state index is 13.0. The van der Waals surface area contributed by atoms with Crippen molar-refractivity contribution in [2.45, 2.75) is 6.61 Å². The second kappa shape index (κ2) is 6.02. The number of hydrogen-bond donors (Lipinski definition) is 0. The van der Waals surface area contributed by atoms with E-state index in [0.29, 0.717) is 5.75 Å². The van der Waals surface area contributed by atoms with Gasteiger partial charge in [-0.25, -0.2) is 8.78 Å². The van der Waals surface area contributed by atoms with Gasteiger partial charge in [0.15, 0.2) is 0 Å². The zero-order valence-corrected chi connectivity index (χ0v) is 11.7. The summed E-state index contributed by atoms with van der Waals surface area (Å²) in [4.78, 5) is 0. The van der Waals surface area contributed by atoms with Gasteiger partial charge >= 0.3 is 0 Å². The summed E-state index contributed by atoms with van der Waals surface area (Å²) >= 11 is 3.34. The lowest BCUT2D eigenvalue weighted by molar-refractivity contribution is 0.293. The summed E-state index contributed by atoms with van der Waals surface area (Å²) in [6, 6.07) is 8.52. The van der Waals surface area contributed by atoms with Crippen molar-refractivity contribution < 1.29 is 18.3 Å². The van der Waals surface area contributed by atoms with Crippen molar-refractivity contribution in [2.24, 2.45) is 0 Å². The highest BCUT2D eigenvalue weighted by Gasteiger charge is 2.06. The quantitative estimate of drug-likeness (QED) is 0.832. The molecule has 0 aliphatic heterocycles. The summed E-state index contributed by atoms with van der Waals surface area (Å²) < 4.78 is 37.5. The second-order valence-corrected chi connectivity index (χ2v) is 4.77. The Morgan fingerprint density at radius 2 is 1.74 bits per heavy atom. The van der Waals surface area contributed by atoms with Gasteiger partial charge in [-0.15, -0.1) is 0 Å². The Kier molecular flexibility index (Phi) is 4.37. The molecule has 0 spiro atoms. The van der Waals surface area contributed by atoms with Crippen molar-refractivity contribution >= 4 is 15.9 Å². The molecule has 0 unspecified atom stereocenters. The lowest BCUT2D eigenvalue weighted by Crippen LogP contribution is -1.99. The topological polar surface area (TPSA) is 18.5 Å². The van der Waals surface area contributed by atoms with Crippen molar-refractivity contribution in [3.8, 4) is 11.5 Å². The summed E-state index contributed by atoms with van der Waals surface area (Å²) in [5, 5.41) is 0. The van der Waals surface area contributed by atoms with Gasteiger partial charge in [-0.1, -0.05) is 15.9 Å². The first kappa shape index (κ1) is 13.8. The van der Waals surface area contributed by atoms with E-state index in [9.17, 15) is 8.78 Å². The van der Waals surface area contributed by atoms with Crippen LogP contribution in [0, 0.1) is 11.6 Å². The van der Waals surface area contributed by atoms with Crippen molar-refractivity contribution in [2.75, 3.05) is 7.11 Å². The number of rotatable bonds is 4. The van der Waals surface area contributed by atoms with E-state index in [1.807, 2.05) is 12.1 Å². The van der Waals surface area contributed by atoms with Crippen LogP contribution < -0.4 is 9.47 Å². The van der Waals surface area contributed by atoms with E-state index in [1.165, 1.54) is 0 Å². The lowest BCUT2D eigenvalue weighted by Gasteiger charge is -2.11. The molecule has 2 nitrogen and oxygen atoms in total. The lowest BCUT2D eigenvalue weighted by atomic mass is 10.2. The van der Waals surface area contributed by atoms with Crippen LogP contribution in [-0.4, -0.2) is 7.11 Å². The zero-order chi connectivity index (χ0) is 13.8. The minimum Gasteiger partial charge on any atom is -0.496 e. The molecule has 0 amide bonds. The molecule has 2 aromatic carbocycles. The third-order valence-corrected chi connectivity index (χ3v) is 2.97. The number of ether oxygens (including phenoxy) is 2. The van der Waals surface area contributed by atoms with Gasteiger partial charge in [0, 0.05) is 28.2 Å². The van der Waals surface area contributed by atoms with Crippen LogP contribution in [0.25, 0.3) is 0 Å². The Balaban J connectivity index is 2.16. The fourth-order valence-corrected chi connectivity index (χ4v) is 2.04. The number of methoxy groups -OCH3 is 1. The molecular weight excluding hydrogens is 318 g/mol. The monoisotopic (exact) mass is 328 g/mol. The first-order chi connectivity index (χ1) is 9.08. The fraction of sp³-hybridized carbons (Fsp3) is 0.143. The van der Waals surface area contributed by atoms with E-state index in [0.717, 1.165) is 28.2 Å². The number of halogens is 3. The van der Waals surface area contributed by atoms with Crippen LogP contribution in [0.3, 0.4) is 0 Å². The largest absolute Gasteiger partial charge is 0.496 e. The fourth-order valence-electron chi connectivity index (χ4n) is 1.63. The Labute approximate surface area is 118 Å². The van der Waals surface area contributed by atoms with Crippen LogP contribution >= 0.6 is 15.9 Å². The van der Waals surface area contributed by atoms with Crippen LogP contribution in [0.2, 0.25) is 0 Å². The third-order valence-electron chi connectivity index (χ3n) is 2.47. The van der Waals surface area contributed by atoms with E-state index in [4.69, 9.17) is 9.47 Å². The van der Waals surface area contributed by atoms with E-state index >= 15 is 0 Å². The van der Waals surface area contributed by atoms with Crippen molar-refractivity contribution in [1.82, 2.24) is 0 Å². The van der Waals surface area contributed by atoms with Crippen LogP contribution in [0.1, 0.15) is 5.56 Å². The Bertz CT molecular complexity index is 567. The predicted octanol–water partition coefficient (Wildman–Crippen LogP) is 4.31.